The fourth-order valence-electron chi connectivity index (χ4n) is 1.54. The van der Waals surface area contributed by atoms with E-state index in [-0.39, 0.29) is 11.1 Å². The zero-order valence-corrected chi connectivity index (χ0v) is 10.1. The lowest BCUT2D eigenvalue weighted by atomic mass is 10.2. The molecule has 2 aromatic rings. The Kier molecular flexibility index (Phi) is 3.59. The zero-order chi connectivity index (χ0) is 12.3. The van der Waals surface area contributed by atoms with Crippen LogP contribution in [0.3, 0.4) is 0 Å². The average molecular weight is 251 g/mol. The number of anilines is 1. The number of pyridine rings is 1. The summed E-state index contributed by atoms with van der Waals surface area (Å²) >= 11 is 5.71. The average Bonchev–Trinajstić information content (AvgIpc) is 2.35. The van der Waals surface area contributed by atoms with Crippen LogP contribution in [-0.4, -0.2) is 4.98 Å². The number of nitrogens with one attached hydrogen (secondary N) is 1. The molecule has 0 saturated heterocycles. The summed E-state index contributed by atoms with van der Waals surface area (Å²) in [5.41, 5.74) is 1.70. The van der Waals surface area contributed by atoms with Crippen molar-refractivity contribution < 1.29 is 4.39 Å². The fraction of sp³-hybridized carbons (Fsp3) is 0.154. The van der Waals surface area contributed by atoms with Crippen molar-refractivity contribution in [3.8, 4) is 0 Å². The molecule has 2 nitrogen and oxygen atoms in total. The lowest BCUT2D eigenvalue weighted by Crippen LogP contribution is -2.08. The van der Waals surface area contributed by atoms with Crippen LogP contribution in [0.2, 0.25) is 5.02 Å². The van der Waals surface area contributed by atoms with Crippen molar-refractivity contribution in [3.05, 3.63) is 59.1 Å². The molecule has 1 N–H and O–H groups in total. The summed E-state index contributed by atoms with van der Waals surface area (Å²) in [6.07, 6.45) is 1.74. The molecule has 0 fully saturated rings. The van der Waals surface area contributed by atoms with Gasteiger partial charge in [0, 0.05) is 11.9 Å². The maximum atomic E-state index is 13.0. The van der Waals surface area contributed by atoms with Crippen LogP contribution in [0.5, 0.6) is 0 Å². The van der Waals surface area contributed by atoms with E-state index in [2.05, 4.69) is 10.3 Å². The Morgan fingerprint density at radius 1 is 1.29 bits per heavy atom. The van der Waals surface area contributed by atoms with Gasteiger partial charge in [0.1, 0.15) is 5.82 Å². The van der Waals surface area contributed by atoms with Crippen molar-refractivity contribution in [3.63, 3.8) is 0 Å². The van der Waals surface area contributed by atoms with E-state index in [1.807, 2.05) is 25.1 Å². The molecular weight excluding hydrogens is 239 g/mol. The van der Waals surface area contributed by atoms with Gasteiger partial charge >= 0.3 is 0 Å². The Morgan fingerprint density at radius 2 is 2.12 bits per heavy atom. The molecule has 1 aromatic carbocycles. The van der Waals surface area contributed by atoms with Crippen LogP contribution >= 0.6 is 11.6 Å². The van der Waals surface area contributed by atoms with Gasteiger partial charge in [0.2, 0.25) is 0 Å². The van der Waals surface area contributed by atoms with E-state index in [1.165, 1.54) is 6.07 Å². The summed E-state index contributed by atoms with van der Waals surface area (Å²) in [6, 6.07) is 10.3. The van der Waals surface area contributed by atoms with E-state index in [9.17, 15) is 4.39 Å². The van der Waals surface area contributed by atoms with Gasteiger partial charge in [0.25, 0.3) is 0 Å². The van der Waals surface area contributed by atoms with Crippen molar-refractivity contribution >= 4 is 17.3 Å². The SMILES string of the molecule is CC(Nc1ccc(F)c(Cl)c1)c1ccccn1. The molecule has 0 amide bonds. The first kappa shape index (κ1) is 11.9. The van der Waals surface area contributed by atoms with Crippen molar-refractivity contribution in [2.24, 2.45) is 0 Å². The van der Waals surface area contributed by atoms with Gasteiger partial charge in [-0.2, -0.15) is 0 Å². The molecule has 2 rings (SSSR count). The highest BCUT2D eigenvalue weighted by atomic mass is 35.5. The number of rotatable bonds is 3. The normalized spacial score (nSPS) is 12.2. The minimum absolute atomic E-state index is 0.0396. The largest absolute Gasteiger partial charge is 0.377 e. The monoisotopic (exact) mass is 250 g/mol. The van der Waals surface area contributed by atoms with Gasteiger partial charge in [0.05, 0.1) is 16.8 Å². The van der Waals surface area contributed by atoms with E-state index >= 15 is 0 Å². The minimum atomic E-state index is -0.414. The summed E-state index contributed by atoms with van der Waals surface area (Å²) in [7, 11) is 0. The predicted octanol–water partition coefficient (Wildman–Crippen LogP) is 4.05. The van der Waals surface area contributed by atoms with Gasteiger partial charge in [-0.3, -0.25) is 4.98 Å². The fourth-order valence-corrected chi connectivity index (χ4v) is 1.72. The number of nitrogens with zero attached hydrogens (tertiary/aromatic N) is 1. The molecule has 0 saturated carbocycles. The van der Waals surface area contributed by atoms with Crippen LogP contribution in [0, 0.1) is 5.82 Å². The van der Waals surface area contributed by atoms with Crippen LogP contribution < -0.4 is 5.32 Å². The van der Waals surface area contributed by atoms with Crippen molar-refractivity contribution in [1.82, 2.24) is 4.98 Å². The van der Waals surface area contributed by atoms with E-state index < -0.39 is 5.82 Å². The topological polar surface area (TPSA) is 24.9 Å². The van der Waals surface area contributed by atoms with Crippen molar-refractivity contribution in [2.75, 3.05) is 5.32 Å². The van der Waals surface area contributed by atoms with Crippen molar-refractivity contribution in [2.45, 2.75) is 13.0 Å². The highest BCUT2D eigenvalue weighted by molar-refractivity contribution is 6.31. The van der Waals surface area contributed by atoms with Gasteiger partial charge in [0.15, 0.2) is 0 Å². The molecule has 0 spiro atoms. The Morgan fingerprint density at radius 3 is 2.76 bits per heavy atom. The van der Waals surface area contributed by atoms with E-state index in [4.69, 9.17) is 11.6 Å². The van der Waals surface area contributed by atoms with E-state index in [0.717, 1.165) is 11.4 Å². The van der Waals surface area contributed by atoms with Crippen LogP contribution in [0.15, 0.2) is 42.6 Å². The van der Waals surface area contributed by atoms with Crippen LogP contribution in [0.25, 0.3) is 0 Å². The number of aromatic nitrogens is 1. The summed E-state index contributed by atoms with van der Waals surface area (Å²) in [5, 5.41) is 3.33. The van der Waals surface area contributed by atoms with Crippen LogP contribution in [0.1, 0.15) is 18.7 Å². The molecule has 0 aliphatic carbocycles. The molecule has 1 aromatic heterocycles. The zero-order valence-electron chi connectivity index (χ0n) is 9.32. The second-order valence-electron chi connectivity index (χ2n) is 3.75. The standard InChI is InChI=1S/C13H12ClFN2/c1-9(13-4-2-3-7-16-13)17-10-5-6-12(15)11(14)8-10/h2-9,17H,1H3. The Balaban J connectivity index is 2.13. The Bertz CT molecular complexity index is 502. The summed E-state index contributed by atoms with van der Waals surface area (Å²) < 4.78 is 13.0. The highest BCUT2D eigenvalue weighted by Gasteiger charge is 2.07. The molecule has 0 radical (unpaired) electrons. The molecule has 88 valence electrons. The first-order valence-corrected chi connectivity index (χ1v) is 5.67. The molecule has 1 unspecified atom stereocenters. The van der Waals surface area contributed by atoms with Crippen molar-refractivity contribution in [1.29, 1.82) is 0 Å². The maximum absolute atomic E-state index is 13.0. The first-order chi connectivity index (χ1) is 8.16. The summed E-state index contributed by atoms with van der Waals surface area (Å²) in [5.74, 6) is -0.414. The number of hydrogen-bond donors (Lipinski definition) is 1. The Hall–Kier alpha value is -1.61. The lowest BCUT2D eigenvalue weighted by molar-refractivity contribution is 0.628. The predicted molar refractivity (Wildman–Crippen MR) is 67.7 cm³/mol. The van der Waals surface area contributed by atoms with Gasteiger partial charge < -0.3 is 5.32 Å². The smallest absolute Gasteiger partial charge is 0.141 e. The molecule has 0 aliphatic rings. The molecular formula is C13H12ClFN2. The maximum Gasteiger partial charge on any atom is 0.141 e. The van der Waals surface area contributed by atoms with Crippen LogP contribution in [-0.2, 0) is 0 Å². The minimum Gasteiger partial charge on any atom is -0.377 e. The quantitative estimate of drug-likeness (QED) is 0.889. The molecule has 4 heteroatoms. The third-order valence-corrected chi connectivity index (χ3v) is 2.72. The summed E-state index contributed by atoms with van der Waals surface area (Å²) in [6.45, 7) is 1.99. The van der Waals surface area contributed by atoms with Crippen LogP contribution in [0.4, 0.5) is 10.1 Å². The number of benzene rings is 1. The second kappa shape index (κ2) is 5.15. The van der Waals surface area contributed by atoms with Gasteiger partial charge in [-0.1, -0.05) is 17.7 Å². The second-order valence-corrected chi connectivity index (χ2v) is 4.16. The first-order valence-electron chi connectivity index (χ1n) is 5.29. The third kappa shape index (κ3) is 2.94. The van der Waals surface area contributed by atoms with Gasteiger partial charge in [-0.05, 0) is 37.3 Å². The highest BCUT2D eigenvalue weighted by Crippen LogP contribution is 2.22. The van der Waals surface area contributed by atoms with Gasteiger partial charge in [-0.25, -0.2) is 4.39 Å². The number of halogens is 2. The van der Waals surface area contributed by atoms with E-state index in [0.29, 0.717) is 0 Å². The molecule has 0 bridgehead atoms. The summed E-state index contributed by atoms with van der Waals surface area (Å²) in [4.78, 5) is 4.25. The molecule has 0 aliphatic heterocycles. The van der Waals surface area contributed by atoms with Gasteiger partial charge in [-0.15, -0.1) is 0 Å². The third-order valence-electron chi connectivity index (χ3n) is 2.43. The molecule has 17 heavy (non-hydrogen) atoms. The molecule has 1 heterocycles. The Labute approximate surface area is 104 Å². The lowest BCUT2D eigenvalue weighted by Gasteiger charge is -2.14. The molecule has 1 atom stereocenters. The van der Waals surface area contributed by atoms with E-state index in [1.54, 1.807) is 18.3 Å². The number of hydrogen-bond acceptors (Lipinski definition) is 2.